The first-order valence-electron chi connectivity index (χ1n) is 9.14. The number of carbonyl (C=O) groups excluding carboxylic acids is 1. The molecule has 0 aliphatic rings. The van der Waals surface area contributed by atoms with E-state index >= 15 is 0 Å². The lowest BCUT2D eigenvalue weighted by molar-refractivity contribution is 0.0952. The van der Waals surface area contributed by atoms with Gasteiger partial charge in [-0.2, -0.15) is 0 Å². The highest BCUT2D eigenvalue weighted by Crippen LogP contribution is 2.29. The van der Waals surface area contributed by atoms with Crippen LogP contribution in [0.5, 0.6) is 0 Å². The number of benzene rings is 1. The largest absolute Gasteiger partial charge is 0.352 e. The molecule has 0 saturated heterocycles. The molecule has 5 nitrogen and oxygen atoms in total. The van der Waals surface area contributed by atoms with Crippen molar-refractivity contribution in [3.8, 4) is 0 Å². The summed E-state index contributed by atoms with van der Waals surface area (Å²) >= 11 is 0. The molecule has 0 aliphatic carbocycles. The zero-order chi connectivity index (χ0) is 19.1. The normalized spacial score (nSPS) is 11.0. The zero-order valence-corrected chi connectivity index (χ0v) is 16.5. The quantitative estimate of drug-likeness (QED) is 0.705. The molecule has 140 valence electrons. The summed E-state index contributed by atoms with van der Waals surface area (Å²) in [5.74, 6) is 1.02. The average Bonchev–Trinajstić information content (AvgIpc) is 2.60. The summed E-state index contributed by atoms with van der Waals surface area (Å²) in [4.78, 5) is 18.8. The van der Waals surface area contributed by atoms with E-state index in [-0.39, 0.29) is 5.91 Å². The van der Waals surface area contributed by atoms with Crippen LogP contribution in [0.4, 0.5) is 11.5 Å². The lowest BCUT2D eigenvalue weighted by atomic mass is 9.98. The van der Waals surface area contributed by atoms with Gasteiger partial charge in [0.2, 0.25) is 0 Å². The molecular weight excluding hydrogens is 324 g/mol. The van der Waals surface area contributed by atoms with E-state index in [1.54, 1.807) is 18.3 Å². The number of rotatable bonds is 8. The molecule has 0 aliphatic heterocycles. The van der Waals surface area contributed by atoms with Crippen molar-refractivity contribution in [2.45, 2.75) is 33.1 Å². The van der Waals surface area contributed by atoms with Gasteiger partial charge in [-0.15, -0.1) is 0 Å². The number of nitrogens with one attached hydrogen (secondary N) is 2. The van der Waals surface area contributed by atoms with Gasteiger partial charge in [0.15, 0.2) is 0 Å². The van der Waals surface area contributed by atoms with E-state index in [0.29, 0.717) is 23.8 Å². The smallest absolute Gasteiger partial charge is 0.251 e. The monoisotopic (exact) mass is 354 g/mol. The van der Waals surface area contributed by atoms with Crippen LogP contribution in [0.15, 0.2) is 36.5 Å². The number of carbonyl (C=O) groups is 1. The predicted molar refractivity (Wildman–Crippen MR) is 108 cm³/mol. The zero-order valence-electron chi connectivity index (χ0n) is 16.5. The van der Waals surface area contributed by atoms with Crippen molar-refractivity contribution in [2.75, 3.05) is 32.5 Å². The number of aryl methyl sites for hydroxylation is 1. The number of hydrogen-bond donors (Lipinski definition) is 2. The Hall–Kier alpha value is -2.40. The van der Waals surface area contributed by atoms with Crippen molar-refractivity contribution in [3.63, 3.8) is 0 Å². The summed E-state index contributed by atoms with van der Waals surface area (Å²) < 4.78 is 0. The van der Waals surface area contributed by atoms with Gasteiger partial charge in [0.1, 0.15) is 5.82 Å². The first kappa shape index (κ1) is 19.9. The molecule has 0 atom stereocenters. The molecule has 1 heterocycles. The molecule has 2 aromatic rings. The topological polar surface area (TPSA) is 57.3 Å². The second-order valence-electron chi connectivity index (χ2n) is 7.16. The molecule has 1 amide bonds. The van der Waals surface area contributed by atoms with Gasteiger partial charge in [0.05, 0.1) is 0 Å². The third-order valence-corrected chi connectivity index (χ3v) is 4.27. The third kappa shape index (κ3) is 5.56. The minimum Gasteiger partial charge on any atom is -0.352 e. The third-order valence-electron chi connectivity index (χ3n) is 4.27. The molecule has 2 N–H and O–H groups in total. The first-order valence-corrected chi connectivity index (χ1v) is 9.14. The van der Waals surface area contributed by atoms with Gasteiger partial charge in [-0.05, 0) is 63.2 Å². The van der Waals surface area contributed by atoms with Crippen molar-refractivity contribution in [3.05, 3.63) is 53.2 Å². The van der Waals surface area contributed by atoms with E-state index < -0.39 is 0 Å². The molecule has 0 saturated carbocycles. The average molecular weight is 354 g/mol. The van der Waals surface area contributed by atoms with Gasteiger partial charge in [0, 0.05) is 24.0 Å². The predicted octanol–water partition coefficient (Wildman–Crippen LogP) is 3.94. The van der Waals surface area contributed by atoms with Gasteiger partial charge in [-0.1, -0.05) is 32.0 Å². The molecular formula is C21H30N4O. The molecule has 2 rings (SSSR count). The highest BCUT2D eigenvalue weighted by molar-refractivity contribution is 5.94. The number of para-hydroxylation sites is 1. The van der Waals surface area contributed by atoms with Crippen LogP contribution in [-0.4, -0.2) is 43.0 Å². The summed E-state index contributed by atoms with van der Waals surface area (Å²) in [5.41, 5.74) is 4.09. The number of pyridine rings is 1. The SMILES string of the molecule is Cc1cccc(C(C)C)c1Nc1cc(C(=O)NCCCN(C)C)ccn1. The maximum absolute atomic E-state index is 12.4. The molecule has 0 bridgehead atoms. The number of amides is 1. The van der Waals surface area contributed by atoms with Crippen LogP contribution in [0.25, 0.3) is 0 Å². The van der Waals surface area contributed by atoms with Crippen LogP contribution >= 0.6 is 0 Å². The van der Waals surface area contributed by atoms with Crippen LogP contribution in [0.3, 0.4) is 0 Å². The molecule has 1 aromatic heterocycles. The Morgan fingerprint density at radius 3 is 2.69 bits per heavy atom. The van der Waals surface area contributed by atoms with Crippen LogP contribution in [0.1, 0.15) is 47.7 Å². The van der Waals surface area contributed by atoms with E-state index in [2.05, 4.69) is 59.5 Å². The Morgan fingerprint density at radius 1 is 1.23 bits per heavy atom. The Kier molecular flexibility index (Phi) is 7.16. The highest BCUT2D eigenvalue weighted by Gasteiger charge is 2.11. The molecule has 26 heavy (non-hydrogen) atoms. The van der Waals surface area contributed by atoms with E-state index in [9.17, 15) is 4.79 Å². The van der Waals surface area contributed by atoms with Crippen LogP contribution < -0.4 is 10.6 Å². The van der Waals surface area contributed by atoms with Crippen molar-refractivity contribution in [1.82, 2.24) is 15.2 Å². The second kappa shape index (κ2) is 9.34. The van der Waals surface area contributed by atoms with Crippen molar-refractivity contribution in [1.29, 1.82) is 0 Å². The Labute approximate surface area is 156 Å². The van der Waals surface area contributed by atoms with Gasteiger partial charge in [0.25, 0.3) is 5.91 Å². The molecule has 0 fully saturated rings. The first-order chi connectivity index (χ1) is 12.4. The van der Waals surface area contributed by atoms with Crippen LogP contribution in [0, 0.1) is 6.92 Å². The maximum atomic E-state index is 12.4. The molecule has 0 radical (unpaired) electrons. The van der Waals surface area contributed by atoms with Gasteiger partial charge >= 0.3 is 0 Å². The summed E-state index contributed by atoms with van der Waals surface area (Å²) in [6.45, 7) is 8.04. The molecule has 1 aromatic carbocycles. The summed E-state index contributed by atoms with van der Waals surface area (Å²) in [7, 11) is 4.05. The van der Waals surface area contributed by atoms with Crippen molar-refractivity contribution >= 4 is 17.4 Å². The van der Waals surface area contributed by atoms with E-state index in [1.165, 1.54) is 5.56 Å². The van der Waals surface area contributed by atoms with E-state index in [1.807, 2.05) is 14.1 Å². The second-order valence-corrected chi connectivity index (χ2v) is 7.16. The van der Waals surface area contributed by atoms with Crippen molar-refractivity contribution < 1.29 is 4.79 Å². The maximum Gasteiger partial charge on any atom is 0.251 e. The number of aromatic nitrogens is 1. The Balaban J connectivity index is 2.09. The van der Waals surface area contributed by atoms with E-state index in [4.69, 9.17) is 0 Å². The Morgan fingerprint density at radius 2 is 2.00 bits per heavy atom. The van der Waals surface area contributed by atoms with E-state index in [0.717, 1.165) is 24.2 Å². The lowest BCUT2D eigenvalue weighted by Crippen LogP contribution is -2.27. The van der Waals surface area contributed by atoms with Crippen LogP contribution in [-0.2, 0) is 0 Å². The van der Waals surface area contributed by atoms with Gasteiger partial charge in [-0.3, -0.25) is 4.79 Å². The highest BCUT2D eigenvalue weighted by atomic mass is 16.1. The molecule has 5 heteroatoms. The number of anilines is 2. The fourth-order valence-corrected chi connectivity index (χ4v) is 2.81. The molecule has 0 unspecified atom stereocenters. The summed E-state index contributed by atoms with van der Waals surface area (Å²) in [5, 5.41) is 6.37. The number of hydrogen-bond acceptors (Lipinski definition) is 4. The standard InChI is InChI=1S/C21H30N4O/c1-15(2)18-9-6-8-16(3)20(18)24-19-14-17(10-12-22-19)21(26)23-11-7-13-25(4)5/h6,8-10,12,14-15H,7,11,13H2,1-5H3,(H,22,24)(H,23,26). The van der Waals surface area contributed by atoms with Gasteiger partial charge in [-0.25, -0.2) is 4.98 Å². The Bertz CT molecular complexity index is 741. The fraction of sp³-hybridized carbons (Fsp3) is 0.429. The number of nitrogens with zero attached hydrogens (tertiary/aromatic N) is 2. The van der Waals surface area contributed by atoms with Crippen LogP contribution in [0.2, 0.25) is 0 Å². The minimum absolute atomic E-state index is 0.0666. The lowest BCUT2D eigenvalue weighted by Gasteiger charge is -2.17. The summed E-state index contributed by atoms with van der Waals surface area (Å²) in [6.07, 6.45) is 2.60. The minimum atomic E-state index is -0.0666. The fourth-order valence-electron chi connectivity index (χ4n) is 2.81. The molecule has 0 spiro atoms. The van der Waals surface area contributed by atoms with Gasteiger partial charge < -0.3 is 15.5 Å². The van der Waals surface area contributed by atoms with Crippen molar-refractivity contribution in [2.24, 2.45) is 0 Å². The summed E-state index contributed by atoms with van der Waals surface area (Å²) in [6, 6.07) is 9.82.